The first kappa shape index (κ1) is 7.23. The summed E-state index contributed by atoms with van der Waals surface area (Å²) in [5, 5.41) is 17.0. The van der Waals surface area contributed by atoms with Crippen LogP contribution in [-0.4, -0.2) is 34.7 Å². The molecular formula is C4H6BFN2O2. The van der Waals surface area contributed by atoms with Crippen LogP contribution in [0.3, 0.4) is 0 Å². The number of aliphatic imine (C=N–C) groups is 1. The van der Waals surface area contributed by atoms with E-state index in [0.717, 1.165) is 10.9 Å². The molecule has 1 rings (SSSR count). The zero-order valence-electron chi connectivity index (χ0n) is 5.11. The molecule has 4 nitrogen and oxygen atoms in total. The summed E-state index contributed by atoms with van der Waals surface area (Å²) in [7, 11) is -1.60. The largest absolute Gasteiger partial charge is 0.588 e. The summed E-state index contributed by atoms with van der Waals surface area (Å²) in [5.74, 6) is -0.600. The van der Waals surface area contributed by atoms with Gasteiger partial charge in [0.05, 0.1) is 0 Å². The Morgan fingerprint density at radius 3 is 2.80 bits per heavy atom. The smallest absolute Gasteiger partial charge is 0.408 e. The maximum absolute atomic E-state index is 12.1. The van der Waals surface area contributed by atoms with Gasteiger partial charge in [0, 0.05) is 6.08 Å². The molecule has 0 aromatic heterocycles. The first-order chi connectivity index (χ1) is 4.70. The summed E-state index contributed by atoms with van der Waals surface area (Å²) < 4.78 is 12.1. The molecule has 0 saturated heterocycles. The number of nitrogens with zero attached hydrogens (tertiary/aromatic N) is 2. The highest BCUT2D eigenvalue weighted by Crippen LogP contribution is 1.99. The van der Waals surface area contributed by atoms with E-state index in [0.29, 0.717) is 0 Å². The molecule has 1 heterocycles. The fourth-order valence-electron chi connectivity index (χ4n) is 0.556. The van der Waals surface area contributed by atoms with E-state index in [9.17, 15) is 4.39 Å². The van der Waals surface area contributed by atoms with Crippen molar-refractivity contribution in [3.8, 4) is 0 Å². The first-order valence-corrected chi connectivity index (χ1v) is 2.70. The zero-order valence-corrected chi connectivity index (χ0v) is 5.11. The van der Waals surface area contributed by atoms with Crippen LogP contribution in [0.15, 0.2) is 17.3 Å². The lowest BCUT2D eigenvalue weighted by molar-refractivity contribution is 0.317. The predicted molar refractivity (Wildman–Crippen MR) is 34.6 cm³/mol. The minimum atomic E-state index is -1.60. The predicted octanol–water partition coefficient (Wildman–Crippen LogP) is -0.889. The van der Waals surface area contributed by atoms with Gasteiger partial charge in [-0.3, -0.25) is 0 Å². The van der Waals surface area contributed by atoms with Crippen molar-refractivity contribution in [2.45, 2.75) is 0 Å². The Morgan fingerprint density at radius 1 is 1.70 bits per heavy atom. The highest BCUT2D eigenvalue weighted by atomic mass is 19.1. The number of rotatable bonds is 1. The molecule has 0 spiro atoms. The van der Waals surface area contributed by atoms with Crippen molar-refractivity contribution in [1.82, 2.24) is 4.81 Å². The highest BCUT2D eigenvalue weighted by molar-refractivity contribution is 6.38. The fraction of sp³-hybridized carbons (Fsp3) is 0.250. The molecule has 6 heteroatoms. The standard InChI is InChI=1S/C4H6BFN2O2/c6-4-1-2-8(3-7-4)5(9)10/h1-2,9-10H,3H2. The summed E-state index contributed by atoms with van der Waals surface area (Å²) in [4.78, 5) is 4.37. The molecule has 0 amide bonds. The second-order valence-corrected chi connectivity index (χ2v) is 1.80. The minimum absolute atomic E-state index is 0.0556. The molecule has 54 valence electrons. The van der Waals surface area contributed by atoms with Crippen molar-refractivity contribution in [2.75, 3.05) is 6.67 Å². The summed E-state index contributed by atoms with van der Waals surface area (Å²) in [6.07, 6.45) is 2.29. The van der Waals surface area contributed by atoms with E-state index in [1.54, 1.807) is 0 Å². The second-order valence-electron chi connectivity index (χ2n) is 1.80. The molecule has 0 atom stereocenters. The molecule has 0 fully saturated rings. The maximum Gasteiger partial charge on any atom is 0.588 e. The fourth-order valence-corrected chi connectivity index (χ4v) is 0.556. The van der Waals surface area contributed by atoms with Gasteiger partial charge < -0.3 is 14.9 Å². The van der Waals surface area contributed by atoms with Gasteiger partial charge in [-0.2, -0.15) is 4.39 Å². The Bertz CT molecular complexity index is 182. The Labute approximate surface area is 57.5 Å². The molecule has 1 aliphatic heterocycles. The summed E-state index contributed by atoms with van der Waals surface area (Å²) in [6, 6.07) is 0. The normalized spacial score (nSPS) is 17.1. The molecule has 0 unspecified atom stereocenters. The molecule has 0 saturated carbocycles. The van der Waals surface area contributed by atoms with E-state index in [4.69, 9.17) is 10.0 Å². The molecule has 10 heavy (non-hydrogen) atoms. The molecule has 1 aliphatic rings. The van der Waals surface area contributed by atoms with Crippen molar-refractivity contribution >= 4 is 13.2 Å². The molecule has 0 aromatic rings. The monoisotopic (exact) mass is 144 g/mol. The van der Waals surface area contributed by atoms with Crippen molar-refractivity contribution in [1.29, 1.82) is 0 Å². The third-order valence-corrected chi connectivity index (χ3v) is 1.09. The van der Waals surface area contributed by atoms with Crippen LogP contribution in [-0.2, 0) is 0 Å². The number of hydrogen-bond donors (Lipinski definition) is 2. The summed E-state index contributed by atoms with van der Waals surface area (Å²) >= 11 is 0. The molecular weight excluding hydrogens is 138 g/mol. The van der Waals surface area contributed by atoms with E-state index in [1.807, 2.05) is 0 Å². The average Bonchev–Trinajstić information content (AvgIpc) is 1.88. The Morgan fingerprint density at radius 2 is 2.40 bits per heavy atom. The lowest BCUT2D eigenvalue weighted by atomic mass is 10.1. The SMILES string of the molecule is OB(O)N1C=CC(F)=NC1. The highest BCUT2D eigenvalue weighted by Gasteiger charge is 2.17. The Kier molecular flexibility index (Phi) is 2.03. The number of hydrogen-bond acceptors (Lipinski definition) is 4. The van der Waals surface area contributed by atoms with Gasteiger partial charge in [0.2, 0.25) is 5.97 Å². The van der Waals surface area contributed by atoms with Gasteiger partial charge in [0.15, 0.2) is 0 Å². The summed E-state index contributed by atoms with van der Waals surface area (Å²) in [6.45, 7) is -0.0556. The van der Waals surface area contributed by atoms with Gasteiger partial charge in [0.1, 0.15) is 6.67 Å². The van der Waals surface area contributed by atoms with E-state index < -0.39 is 13.2 Å². The van der Waals surface area contributed by atoms with E-state index in [1.165, 1.54) is 6.20 Å². The maximum atomic E-state index is 12.1. The van der Waals surface area contributed by atoms with Crippen molar-refractivity contribution in [3.63, 3.8) is 0 Å². The van der Waals surface area contributed by atoms with Gasteiger partial charge in [-0.15, -0.1) is 0 Å². The van der Waals surface area contributed by atoms with E-state index >= 15 is 0 Å². The average molecular weight is 144 g/mol. The molecule has 0 aromatic carbocycles. The Balaban J connectivity index is 2.52. The van der Waals surface area contributed by atoms with E-state index in [2.05, 4.69) is 4.99 Å². The van der Waals surface area contributed by atoms with Gasteiger partial charge in [-0.05, 0) is 6.20 Å². The van der Waals surface area contributed by atoms with Crippen molar-refractivity contribution in [2.24, 2.45) is 4.99 Å². The Hall–Kier alpha value is -0.875. The summed E-state index contributed by atoms with van der Waals surface area (Å²) in [5.41, 5.74) is 0. The molecule has 0 aliphatic carbocycles. The van der Waals surface area contributed by atoms with Crippen molar-refractivity contribution in [3.05, 3.63) is 12.3 Å². The topological polar surface area (TPSA) is 56.1 Å². The molecule has 2 N–H and O–H groups in total. The van der Waals surface area contributed by atoms with Gasteiger partial charge in [-0.25, -0.2) is 4.99 Å². The first-order valence-electron chi connectivity index (χ1n) is 2.70. The molecule has 0 bridgehead atoms. The van der Waals surface area contributed by atoms with Gasteiger partial charge >= 0.3 is 7.25 Å². The van der Waals surface area contributed by atoms with E-state index in [-0.39, 0.29) is 6.67 Å². The third kappa shape index (κ3) is 1.55. The molecule has 0 radical (unpaired) electrons. The van der Waals surface area contributed by atoms with Crippen LogP contribution in [0.1, 0.15) is 0 Å². The van der Waals surface area contributed by atoms with Gasteiger partial charge in [0.25, 0.3) is 0 Å². The van der Waals surface area contributed by atoms with Crippen LogP contribution in [0, 0.1) is 0 Å². The van der Waals surface area contributed by atoms with Crippen LogP contribution in [0.25, 0.3) is 0 Å². The van der Waals surface area contributed by atoms with Crippen molar-refractivity contribution < 1.29 is 14.4 Å². The number of allylic oxidation sites excluding steroid dienone is 1. The van der Waals surface area contributed by atoms with Crippen LogP contribution in [0.2, 0.25) is 0 Å². The number of halogens is 1. The van der Waals surface area contributed by atoms with Gasteiger partial charge in [-0.1, -0.05) is 0 Å². The van der Waals surface area contributed by atoms with Crippen LogP contribution >= 0.6 is 0 Å². The third-order valence-electron chi connectivity index (χ3n) is 1.09. The van der Waals surface area contributed by atoms with Crippen LogP contribution in [0.5, 0.6) is 0 Å². The van der Waals surface area contributed by atoms with Crippen LogP contribution < -0.4 is 0 Å². The van der Waals surface area contributed by atoms with Crippen LogP contribution in [0.4, 0.5) is 4.39 Å². The zero-order chi connectivity index (χ0) is 7.56. The lowest BCUT2D eigenvalue weighted by Crippen LogP contribution is -2.36. The minimum Gasteiger partial charge on any atom is -0.408 e. The quantitative estimate of drug-likeness (QED) is 0.469. The second kappa shape index (κ2) is 2.81. The lowest BCUT2D eigenvalue weighted by Gasteiger charge is -2.18.